The highest BCUT2D eigenvalue weighted by atomic mass is 16.5. The maximum atomic E-state index is 12.6. The van der Waals surface area contributed by atoms with E-state index in [2.05, 4.69) is 10.5 Å². The van der Waals surface area contributed by atoms with Crippen LogP contribution in [0.25, 0.3) is 0 Å². The maximum Gasteiger partial charge on any atom is 0.246 e. The first kappa shape index (κ1) is 14.6. The quantitative estimate of drug-likeness (QED) is 0.882. The Labute approximate surface area is 118 Å². The standard InChI is InChI=1S/C14H21N3O3/c1-4-9(3)12-14(19)17(8-10-6-7-15-20-10)11(5-2)13(18)16-12/h6-7,9,11-12H,4-5,8H2,1-3H3,(H,16,18). The first-order chi connectivity index (χ1) is 9.58. The average Bonchev–Trinajstić information content (AvgIpc) is 2.95. The molecule has 0 aliphatic carbocycles. The zero-order valence-electron chi connectivity index (χ0n) is 12.1. The summed E-state index contributed by atoms with van der Waals surface area (Å²) >= 11 is 0. The number of hydrogen-bond acceptors (Lipinski definition) is 4. The maximum absolute atomic E-state index is 12.6. The van der Waals surface area contributed by atoms with Crippen molar-refractivity contribution in [3.8, 4) is 0 Å². The molecule has 0 bridgehead atoms. The van der Waals surface area contributed by atoms with Gasteiger partial charge in [-0.2, -0.15) is 0 Å². The van der Waals surface area contributed by atoms with Crippen molar-refractivity contribution in [2.24, 2.45) is 5.92 Å². The molecule has 6 heteroatoms. The molecule has 1 aliphatic heterocycles. The molecule has 3 atom stereocenters. The number of aromatic nitrogens is 1. The molecule has 1 aliphatic rings. The number of nitrogens with zero attached hydrogens (tertiary/aromatic N) is 2. The van der Waals surface area contributed by atoms with E-state index in [0.29, 0.717) is 12.2 Å². The van der Waals surface area contributed by atoms with Crippen LogP contribution < -0.4 is 5.32 Å². The molecule has 3 unspecified atom stereocenters. The zero-order valence-corrected chi connectivity index (χ0v) is 12.1. The van der Waals surface area contributed by atoms with Crippen LogP contribution in [0, 0.1) is 5.92 Å². The Balaban J connectivity index is 2.23. The van der Waals surface area contributed by atoms with E-state index in [1.807, 2.05) is 20.8 Å². The van der Waals surface area contributed by atoms with Crippen LogP contribution in [-0.4, -0.2) is 34.0 Å². The zero-order chi connectivity index (χ0) is 14.7. The molecular formula is C14H21N3O3. The summed E-state index contributed by atoms with van der Waals surface area (Å²) in [6, 6.07) is 0.830. The van der Waals surface area contributed by atoms with Gasteiger partial charge in [0.15, 0.2) is 5.76 Å². The van der Waals surface area contributed by atoms with E-state index in [4.69, 9.17) is 4.52 Å². The third-order valence-corrected chi connectivity index (χ3v) is 3.94. The number of rotatable bonds is 5. The molecule has 0 aromatic carbocycles. The van der Waals surface area contributed by atoms with Crippen molar-refractivity contribution in [1.29, 1.82) is 0 Å². The number of amides is 2. The van der Waals surface area contributed by atoms with E-state index in [-0.39, 0.29) is 24.3 Å². The second-order valence-corrected chi connectivity index (χ2v) is 5.24. The van der Waals surface area contributed by atoms with Crippen molar-refractivity contribution in [3.63, 3.8) is 0 Å². The van der Waals surface area contributed by atoms with Crippen LogP contribution in [0.4, 0.5) is 0 Å². The van der Waals surface area contributed by atoms with Gasteiger partial charge in [0.2, 0.25) is 11.8 Å². The lowest BCUT2D eigenvalue weighted by Gasteiger charge is -2.40. The molecule has 1 N–H and O–H groups in total. The second-order valence-electron chi connectivity index (χ2n) is 5.24. The fourth-order valence-electron chi connectivity index (χ4n) is 2.49. The minimum absolute atomic E-state index is 0.0396. The SMILES string of the molecule is CCC(C)C1NC(=O)C(CC)N(Cc2ccno2)C1=O. The Morgan fingerprint density at radius 2 is 2.20 bits per heavy atom. The van der Waals surface area contributed by atoms with E-state index in [1.54, 1.807) is 11.0 Å². The Bertz CT molecular complexity index is 472. The molecule has 0 radical (unpaired) electrons. The van der Waals surface area contributed by atoms with Crippen LogP contribution in [0.1, 0.15) is 39.4 Å². The summed E-state index contributed by atoms with van der Waals surface area (Å²) in [5.74, 6) is 0.579. The van der Waals surface area contributed by atoms with Gasteiger partial charge in [-0.25, -0.2) is 0 Å². The van der Waals surface area contributed by atoms with Gasteiger partial charge in [-0.3, -0.25) is 9.59 Å². The summed E-state index contributed by atoms with van der Waals surface area (Å²) in [6.45, 7) is 6.17. The summed E-state index contributed by atoms with van der Waals surface area (Å²) in [7, 11) is 0. The Morgan fingerprint density at radius 1 is 1.45 bits per heavy atom. The highest BCUT2D eigenvalue weighted by Crippen LogP contribution is 2.21. The Hall–Kier alpha value is -1.85. The van der Waals surface area contributed by atoms with Gasteiger partial charge in [-0.1, -0.05) is 32.3 Å². The molecule has 0 saturated carbocycles. The fourth-order valence-corrected chi connectivity index (χ4v) is 2.49. The number of piperazine rings is 1. The van der Waals surface area contributed by atoms with Crippen molar-refractivity contribution < 1.29 is 14.1 Å². The van der Waals surface area contributed by atoms with Crippen LogP contribution in [0.5, 0.6) is 0 Å². The molecule has 1 saturated heterocycles. The molecule has 110 valence electrons. The molecule has 6 nitrogen and oxygen atoms in total. The van der Waals surface area contributed by atoms with Gasteiger partial charge < -0.3 is 14.7 Å². The molecule has 0 spiro atoms. The van der Waals surface area contributed by atoms with Crippen molar-refractivity contribution in [1.82, 2.24) is 15.4 Å². The second kappa shape index (κ2) is 6.07. The van der Waals surface area contributed by atoms with Gasteiger partial charge >= 0.3 is 0 Å². The Kier molecular flexibility index (Phi) is 4.42. The van der Waals surface area contributed by atoms with E-state index < -0.39 is 12.1 Å². The largest absolute Gasteiger partial charge is 0.360 e. The topological polar surface area (TPSA) is 75.4 Å². The highest BCUT2D eigenvalue weighted by Gasteiger charge is 2.41. The molecule has 2 heterocycles. The van der Waals surface area contributed by atoms with Crippen LogP contribution in [0.15, 0.2) is 16.8 Å². The smallest absolute Gasteiger partial charge is 0.246 e. The molecule has 2 rings (SSSR count). The van der Waals surface area contributed by atoms with Gasteiger partial charge in [-0.05, 0) is 12.3 Å². The minimum Gasteiger partial charge on any atom is -0.360 e. The van der Waals surface area contributed by atoms with Gasteiger partial charge in [0.25, 0.3) is 0 Å². The van der Waals surface area contributed by atoms with Crippen LogP contribution in [0.2, 0.25) is 0 Å². The number of nitrogens with one attached hydrogen (secondary N) is 1. The van der Waals surface area contributed by atoms with Gasteiger partial charge in [0.05, 0.1) is 12.7 Å². The predicted molar refractivity (Wildman–Crippen MR) is 72.5 cm³/mol. The third-order valence-electron chi connectivity index (χ3n) is 3.94. The summed E-state index contributed by atoms with van der Waals surface area (Å²) in [4.78, 5) is 26.4. The number of carbonyl (C=O) groups excluding carboxylic acids is 2. The highest BCUT2D eigenvalue weighted by molar-refractivity contribution is 5.97. The van der Waals surface area contributed by atoms with Gasteiger partial charge in [0.1, 0.15) is 12.1 Å². The third kappa shape index (κ3) is 2.69. The summed E-state index contributed by atoms with van der Waals surface area (Å²) in [5.41, 5.74) is 0. The molecular weight excluding hydrogens is 258 g/mol. The van der Waals surface area contributed by atoms with E-state index in [0.717, 1.165) is 6.42 Å². The van der Waals surface area contributed by atoms with Gasteiger partial charge in [0, 0.05) is 6.07 Å². The van der Waals surface area contributed by atoms with E-state index in [9.17, 15) is 9.59 Å². The lowest BCUT2D eigenvalue weighted by Crippen LogP contribution is -2.64. The van der Waals surface area contributed by atoms with Crippen molar-refractivity contribution in [2.45, 2.75) is 52.2 Å². The first-order valence-electron chi connectivity index (χ1n) is 7.08. The lowest BCUT2D eigenvalue weighted by atomic mass is 9.93. The van der Waals surface area contributed by atoms with Crippen LogP contribution in [-0.2, 0) is 16.1 Å². The summed E-state index contributed by atoms with van der Waals surface area (Å²) in [6.07, 6.45) is 2.96. The van der Waals surface area contributed by atoms with Gasteiger partial charge in [-0.15, -0.1) is 0 Å². The Morgan fingerprint density at radius 3 is 2.75 bits per heavy atom. The van der Waals surface area contributed by atoms with E-state index in [1.165, 1.54) is 6.20 Å². The molecule has 1 aromatic heterocycles. The lowest BCUT2D eigenvalue weighted by molar-refractivity contribution is -0.152. The van der Waals surface area contributed by atoms with Crippen LogP contribution >= 0.6 is 0 Å². The number of hydrogen-bond donors (Lipinski definition) is 1. The summed E-state index contributed by atoms with van der Waals surface area (Å²) < 4.78 is 5.06. The van der Waals surface area contributed by atoms with Crippen molar-refractivity contribution in [2.75, 3.05) is 0 Å². The van der Waals surface area contributed by atoms with E-state index >= 15 is 0 Å². The molecule has 1 fully saturated rings. The first-order valence-corrected chi connectivity index (χ1v) is 7.08. The molecule has 20 heavy (non-hydrogen) atoms. The minimum atomic E-state index is -0.446. The van der Waals surface area contributed by atoms with Crippen molar-refractivity contribution >= 4 is 11.8 Å². The van der Waals surface area contributed by atoms with Crippen LogP contribution in [0.3, 0.4) is 0 Å². The number of carbonyl (C=O) groups is 2. The molecule has 2 amide bonds. The normalized spacial score (nSPS) is 24.6. The average molecular weight is 279 g/mol. The summed E-state index contributed by atoms with van der Waals surface area (Å²) in [5, 5.41) is 6.49. The predicted octanol–water partition coefficient (Wildman–Crippen LogP) is 1.33. The fraction of sp³-hybridized carbons (Fsp3) is 0.643. The molecule has 1 aromatic rings. The monoisotopic (exact) mass is 279 g/mol. The van der Waals surface area contributed by atoms with Crippen molar-refractivity contribution in [3.05, 3.63) is 18.0 Å².